The molecule has 2 aromatic rings. The van der Waals surface area contributed by atoms with Crippen LogP contribution in [0.4, 0.5) is 0 Å². The van der Waals surface area contributed by atoms with Gasteiger partial charge in [-0.1, -0.05) is 24.3 Å². The van der Waals surface area contributed by atoms with Crippen LogP contribution >= 0.6 is 0 Å². The summed E-state index contributed by atoms with van der Waals surface area (Å²) in [4.78, 5) is 8.59. The summed E-state index contributed by atoms with van der Waals surface area (Å²) in [7, 11) is 1.59. The largest absolute Gasteiger partial charge is 0.467 e. The van der Waals surface area contributed by atoms with Crippen LogP contribution in [0.1, 0.15) is 11.1 Å². The van der Waals surface area contributed by atoms with Gasteiger partial charge in [0.1, 0.15) is 0 Å². The first kappa shape index (κ1) is 9.33. The van der Waals surface area contributed by atoms with Crippen molar-refractivity contribution >= 4 is 0 Å². The molecule has 0 aliphatic heterocycles. The van der Waals surface area contributed by atoms with Crippen LogP contribution < -0.4 is 4.74 Å². The van der Waals surface area contributed by atoms with Crippen molar-refractivity contribution in [3.05, 3.63) is 41.6 Å². The monoisotopic (exact) mass is 212 g/mol. The highest BCUT2D eigenvalue weighted by atomic mass is 16.5. The summed E-state index contributed by atoms with van der Waals surface area (Å²) >= 11 is 0. The Kier molecular flexibility index (Phi) is 2.10. The average Bonchev–Trinajstić information content (AvgIpc) is 2.38. The molecule has 80 valence electrons. The summed E-state index contributed by atoms with van der Waals surface area (Å²) in [5, 5.41) is 0. The smallest absolute Gasteiger partial charge is 0.316 e. The molecule has 0 radical (unpaired) electrons. The topological polar surface area (TPSA) is 35.0 Å². The normalized spacial score (nSPS) is 12.8. The predicted octanol–water partition coefficient (Wildman–Crippen LogP) is 2.25. The highest BCUT2D eigenvalue weighted by molar-refractivity contribution is 5.69. The first-order chi connectivity index (χ1) is 7.88. The molecule has 0 amide bonds. The highest BCUT2D eigenvalue weighted by Crippen LogP contribution is 2.31. The molecule has 0 bridgehead atoms. The van der Waals surface area contributed by atoms with Crippen molar-refractivity contribution in [1.29, 1.82) is 0 Å². The lowest BCUT2D eigenvalue weighted by Gasteiger charge is -2.18. The number of hydrogen-bond acceptors (Lipinski definition) is 3. The van der Waals surface area contributed by atoms with Gasteiger partial charge in [-0.05, 0) is 24.0 Å². The van der Waals surface area contributed by atoms with E-state index in [1.807, 2.05) is 12.3 Å². The van der Waals surface area contributed by atoms with Gasteiger partial charge in [0.05, 0.1) is 12.8 Å². The van der Waals surface area contributed by atoms with Gasteiger partial charge in [0.2, 0.25) is 0 Å². The maximum atomic E-state index is 5.07. The number of benzene rings is 1. The van der Waals surface area contributed by atoms with Gasteiger partial charge < -0.3 is 4.74 Å². The molecule has 1 aromatic carbocycles. The second kappa shape index (κ2) is 3.59. The van der Waals surface area contributed by atoms with Gasteiger partial charge in [-0.15, -0.1) is 0 Å². The molecule has 0 atom stereocenters. The Hall–Kier alpha value is -1.90. The number of methoxy groups -OCH3 is 1. The molecule has 1 aliphatic carbocycles. The van der Waals surface area contributed by atoms with Crippen LogP contribution in [0.15, 0.2) is 30.5 Å². The number of fused-ring (bicyclic) bond motifs is 3. The van der Waals surface area contributed by atoms with Crippen LogP contribution in [0.2, 0.25) is 0 Å². The second-order valence-corrected chi connectivity index (χ2v) is 3.89. The minimum absolute atomic E-state index is 0.440. The van der Waals surface area contributed by atoms with E-state index in [0.29, 0.717) is 6.01 Å². The maximum Gasteiger partial charge on any atom is 0.316 e. The van der Waals surface area contributed by atoms with Crippen molar-refractivity contribution in [2.24, 2.45) is 0 Å². The second-order valence-electron chi connectivity index (χ2n) is 3.89. The molecule has 0 fully saturated rings. The Labute approximate surface area is 94.1 Å². The third kappa shape index (κ3) is 1.36. The number of hydrogen-bond donors (Lipinski definition) is 0. The number of aryl methyl sites for hydroxylation is 2. The quantitative estimate of drug-likeness (QED) is 0.727. The maximum absolute atomic E-state index is 5.07. The Morgan fingerprint density at radius 2 is 1.94 bits per heavy atom. The first-order valence-corrected chi connectivity index (χ1v) is 5.36. The summed E-state index contributed by atoms with van der Waals surface area (Å²) in [5.41, 5.74) is 4.80. The molecule has 3 nitrogen and oxygen atoms in total. The van der Waals surface area contributed by atoms with E-state index >= 15 is 0 Å². The van der Waals surface area contributed by atoms with E-state index < -0.39 is 0 Å². The fraction of sp³-hybridized carbons (Fsp3) is 0.231. The van der Waals surface area contributed by atoms with Crippen molar-refractivity contribution in [3.63, 3.8) is 0 Å². The number of aromatic nitrogens is 2. The van der Waals surface area contributed by atoms with E-state index in [-0.39, 0.29) is 0 Å². The lowest BCUT2D eigenvalue weighted by atomic mass is 9.90. The van der Waals surface area contributed by atoms with Crippen LogP contribution in [0.5, 0.6) is 6.01 Å². The minimum Gasteiger partial charge on any atom is -0.467 e. The average molecular weight is 212 g/mol. The van der Waals surface area contributed by atoms with Crippen molar-refractivity contribution in [2.75, 3.05) is 7.11 Å². The first-order valence-electron chi connectivity index (χ1n) is 5.36. The van der Waals surface area contributed by atoms with Crippen molar-refractivity contribution in [2.45, 2.75) is 12.8 Å². The van der Waals surface area contributed by atoms with Gasteiger partial charge in [0.25, 0.3) is 0 Å². The molecule has 0 spiro atoms. The molecule has 0 unspecified atom stereocenters. The third-order valence-corrected chi connectivity index (χ3v) is 2.96. The van der Waals surface area contributed by atoms with Gasteiger partial charge in [-0.3, -0.25) is 0 Å². The fourth-order valence-corrected chi connectivity index (χ4v) is 2.14. The van der Waals surface area contributed by atoms with Crippen molar-refractivity contribution < 1.29 is 4.74 Å². The molecule has 0 N–H and O–H groups in total. The Morgan fingerprint density at radius 1 is 1.12 bits per heavy atom. The number of rotatable bonds is 1. The standard InChI is InChI=1S/C13H12N2O/c1-16-13-14-8-10-7-6-9-4-2-3-5-11(9)12(10)15-13/h2-5,8H,6-7H2,1H3. The van der Waals surface area contributed by atoms with Gasteiger partial charge in [-0.25, -0.2) is 4.98 Å². The summed E-state index contributed by atoms with van der Waals surface area (Å²) in [6.07, 6.45) is 3.95. The zero-order chi connectivity index (χ0) is 11.0. The van der Waals surface area contributed by atoms with Gasteiger partial charge in [0, 0.05) is 11.8 Å². The molecule has 3 rings (SSSR count). The molecular weight excluding hydrogens is 200 g/mol. The molecule has 3 heteroatoms. The van der Waals surface area contributed by atoms with E-state index in [4.69, 9.17) is 4.74 Å². The van der Waals surface area contributed by atoms with E-state index in [1.165, 1.54) is 16.7 Å². The predicted molar refractivity (Wildman–Crippen MR) is 61.4 cm³/mol. The zero-order valence-electron chi connectivity index (χ0n) is 9.10. The number of ether oxygens (including phenoxy) is 1. The van der Waals surface area contributed by atoms with Crippen molar-refractivity contribution in [1.82, 2.24) is 9.97 Å². The van der Waals surface area contributed by atoms with Crippen LogP contribution in [0.3, 0.4) is 0 Å². The van der Waals surface area contributed by atoms with E-state index in [2.05, 4.69) is 28.2 Å². The third-order valence-electron chi connectivity index (χ3n) is 2.96. The highest BCUT2D eigenvalue weighted by Gasteiger charge is 2.17. The molecule has 16 heavy (non-hydrogen) atoms. The molecule has 1 heterocycles. The zero-order valence-corrected chi connectivity index (χ0v) is 9.10. The molecule has 0 saturated heterocycles. The molecule has 0 saturated carbocycles. The Balaban J connectivity index is 2.22. The van der Waals surface area contributed by atoms with E-state index in [0.717, 1.165) is 18.5 Å². The van der Waals surface area contributed by atoms with Crippen LogP contribution in [-0.4, -0.2) is 17.1 Å². The fourth-order valence-electron chi connectivity index (χ4n) is 2.14. The summed E-state index contributed by atoms with van der Waals surface area (Å²) < 4.78 is 5.07. The van der Waals surface area contributed by atoms with E-state index in [1.54, 1.807) is 7.11 Å². The summed E-state index contributed by atoms with van der Waals surface area (Å²) in [5.74, 6) is 0. The van der Waals surface area contributed by atoms with Crippen molar-refractivity contribution in [3.8, 4) is 17.3 Å². The summed E-state index contributed by atoms with van der Waals surface area (Å²) in [6.45, 7) is 0. The molecule has 1 aliphatic rings. The minimum atomic E-state index is 0.440. The Morgan fingerprint density at radius 3 is 2.81 bits per heavy atom. The van der Waals surface area contributed by atoms with Crippen LogP contribution in [0, 0.1) is 0 Å². The van der Waals surface area contributed by atoms with Gasteiger partial charge in [0.15, 0.2) is 0 Å². The van der Waals surface area contributed by atoms with Crippen LogP contribution in [0.25, 0.3) is 11.3 Å². The summed E-state index contributed by atoms with van der Waals surface area (Å²) in [6, 6.07) is 8.83. The van der Waals surface area contributed by atoms with E-state index in [9.17, 15) is 0 Å². The molecular formula is C13H12N2O. The number of nitrogens with zero attached hydrogens (tertiary/aromatic N) is 2. The Bertz CT molecular complexity index is 537. The van der Waals surface area contributed by atoms with Gasteiger partial charge in [-0.2, -0.15) is 4.98 Å². The van der Waals surface area contributed by atoms with Gasteiger partial charge >= 0.3 is 6.01 Å². The SMILES string of the molecule is COc1ncc2c(n1)-c1ccccc1CC2. The molecule has 1 aromatic heterocycles. The lowest BCUT2D eigenvalue weighted by Crippen LogP contribution is -2.07. The lowest BCUT2D eigenvalue weighted by molar-refractivity contribution is 0.379. The van der Waals surface area contributed by atoms with Crippen LogP contribution in [-0.2, 0) is 12.8 Å².